The molecule has 2 aliphatic rings. The van der Waals surface area contributed by atoms with Gasteiger partial charge in [0.05, 0.1) is 5.69 Å². The zero-order valence-electron chi connectivity index (χ0n) is 15.8. The van der Waals surface area contributed by atoms with Crippen molar-refractivity contribution < 1.29 is 0 Å². The Bertz CT molecular complexity index is 741. The minimum atomic E-state index is 0. The standard InChI is InChI=1S/C21H28N4.ClH/c1-16-7-11-25(12-8-16)21-22-13-19-15-24(10-9-20(19)23-21)14-18-6-4-3-5-17(18)2;/h3-6,13,16H,7-12,14-15H2,1-2H3;1H. The predicted octanol–water partition coefficient (Wildman–Crippen LogP) is 4.00. The summed E-state index contributed by atoms with van der Waals surface area (Å²) >= 11 is 0. The Morgan fingerprint density at radius 3 is 2.65 bits per heavy atom. The van der Waals surface area contributed by atoms with Gasteiger partial charge in [0.15, 0.2) is 0 Å². The molecule has 0 radical (unpaired) electrons. The zero-order chi connectivity index (χ0) is 17.2. The Kier molecular flexibility index (Phi) is 6.15. The Morgan fingerprint density at radius 2 is 1.88 bits per heavy atom. The van der Waals surface area contributed by atoms with Gasteiger partial charge in [0.2, 0.25) is 5.95 Å². The summed E-state index contributed by atoms with van der Waals surface area (Å²) in [5.41, 5.74) is 5.35. The minimum Gasteiger partial charge on any atom is -0.341 e. The van der Waals surface area contributed by atoms with E-state index in [0.29, 0.717) is 0 Å². The summed E-state index contributed by atoms with van der Waals surface area (Å²) in [4.78, 5) is 14.5. The van der Waals surface area contributed by atoms with Crippen LogP contribution in [-0.2, 0) is 19.5 Å². The number of halogens is 1. The van der Waals surface area contributed by atoms with E-state index < -0.39 is 0 Å². The van der Waals surface area contributed by atoms with E-state index in [1.54, 1.807) is 0 Å². The fraction of sp³-hybridized carbons (Fsp3) is 0.524. The summed E-state index contributed by atoms with van der Waals surface area (Å²) in [6.07, 6.45) is 5.61. The first-order chi connectivity index (χ1) is 12.2. The molecule has 0 saturated carbocycles. The molecule has 0 atom stereocenters. The number of aryl methyl sites for hydroxylation is 1. The predicted molar refractivity (Wildman–Crippen MR) is 109 cm³/mol. The summed E-state index contributed by atoms with van der Waals surface area (Å²) in [6, 6.07) is 8.68. The van der Waals surface area contributed by atoms with E-state index in [9.17, 15) is 0 Å². The van der Waals surface area contributed by atoms with Crippen LogP contribution >= 0.6 is 12.4 Å². The molecular weight excluding hydrogens is 344 g/mol. The number of benzene rings is 1. The quantitative estimate of drug-likeness (QED) is 0.815. The minimum absolute atomic E-state index is 0. The second-order valence-electron chi connectivity index (χ2n) is 7.70. The molecule has 1 saturated heterocycles. The molecule has 1 aromatic heterocycles. The van der Waals surface area contributed by atoms with Gasteiger partial charge in [0, 0.05) is 50.9 Å². The highest BCUT2D eigenvalue weighted by molar-refractivity contribution is 5.85. The molecule has 2 aromatic rings. The average Bonchev–Trinajstić information content (AvgIpc) is 2.64. The molecule has 0 bridgehead atoms. The zero-order valence-corrected chi connectivity index (χ0v) is 16.6. The Morgan fingerprint density at radius 1 is 1.12 bits per heavy atom. The van der Waals surface area contributed by atoms with Gasteiger partial charge in [-0.15, -0.1) is 12.4 Å². The highest BCUT2D eigenvalue weighted by atomic mass is 35.5. The highest BCUT2D eigenvalue weighted by Gasteiger charge is 2.22. The van der Waals surface area contributed by atoms with E-state index in [-0.39, 0.29) is 12.4 Å². The van der Waals surface area contributed by atoms with Gasteiger partial charge in [-0.25, -0.2) is 9.97 Å². The molecule has 2 aliphatic heterocycles. The molecule has 140 valence electrons. The van der Waals surface area contributed by atoms with E-state index in [4.69, 9.17) is 4.98 Å². The highest BCUT2D eigenvalue weighted by Crippen LogP contribution is 2.24. The number of hydrogen-bond donors (Lipinski definition) is 0. The van der Waals surface area contributed by atoms with Crippen LogP contribution in [0.5, 0.6) is 0 Å². The van der Waals surface area contributed by atoms with Crippen molar-refractivity contribution >= 4 is 18.4 Å². The molecule has 4 nitrogen and oxygen atoms in total. The van der Waals surface area contributed by atoms with Gasteiger partial charge in [0.1, 0.15) is 0 Å². The summed E-state index contributed by atoms with van der Waals surface area (Å²) in [6.45, 7) is 9.78. The Balaban J connectivity index is 0.00000196. The Hall–Kier alpha value is -1.65. The lowest BCUT2D eigenvalue weighted by Crippen LogP contribution is -2.35. The number of fused-ring (bicyclic) bond motifs is 1. The molecule has 0 amide bonds. The summed E-state index contributed by atoms with van der Waals surface area (Å²) in [5, 5.41) is 0. The lowest BCUT2D eigenvalue weighted by atomic mass is 9.99. The van der Waals surface area contributed by atoms with Crippen LogP contribution in [-0.4, -0.2) is 34.5 Å². The molecule has 0 unspecified atom stereocenters. The van der Waals surface area contributed by atoms with Gasteiger partial charge in [0.25, 0.3) is 0 Å². The summed E-state index contributed by atoms with van der Waals surface area (Å²) in [7, 11) is 0. The molecular formula is C21H29ClN4. The van der Waals surface area contributed by atoms with Gasteiger partial charge in [-0.1, -0.05) is 31.2 Å². The molecule has 1 aromatic carbocycles. The second-order valence-corrected chi connectivity index (χ2v) is 7.70. The first kappa shape index (κ1) is 19.1. The van der Waals surface area contributed by atoms with E-state index in [0.717, 1.165) is 51.0 Å². The van der Waals surface area contributed by atoms with Crippen molar-refractivity contribution in [2.24, 2.45) is 5.92 Å². The van der Waals surface area contributed by atoms with Gasteiger partial charge in [-0.05, 0) is 36.8 Å². The Labute approximate surface area is 163 Å². The first-order valence-electron chi connectivity index (χ1n) is 9.55. The van der Waals surface area contributed by atoms with Gasteiger partial charge >= 0.3 is 0 Å². The monoisotopic (exact) mass is 372 g/mol. The number of nitrogens with zero attached hydrogens (tertiary/aromatic N) is 4. The number of piperidine rings is 1. The fourth-order valence-corrected chi connectivity index (χ4v) is 3.89. The number of hydrogen-bond acceptors (Lipinski definition) is 4. The van der Waals surface area contributed by atoms with Gasteiger partial charge < -0.3 is 4.90 Å². The number of rotatable bonds is 3. The van der Waals surface area contributed by atoms with E-state index in [2.05, 4.69) is 59.1 Å². The third-order valence-electron chi connectivity index (χ3n) is 5.72. The van der Waals surface area contributed by atoms with Gasteiger partial charge in [-0.2, -0.15) is 0 Å². The van der Waals surface area contributed by atoms with E-state index in [1.165, 1.54) is 35.2 Å². The number of aromatic nitrogens is 2. The summed E-state index contributed by atoms with van der Waals surface area (Å²) in [5.74, 6) is 1.78. The molecule has 4 rings (SSSR count). The topological polar surface area (TPSA) is 32.3 Å². The van der Waals surface area contributed by atoms with Crippen molar-refractivity contribution in [1.29, 1.82) is 0 Å². The van der Waals surface area contributed by atoms with E-state index in [1.807, 2.05) is 0 Å². The second kappa shape index (κ2) is 8.36. The van der Waals surface area contributed by atoms with Crippen LogP contribution in [0.25, 0.3) is 0 Å². The van der Waals surface area contributed by atoms with Crippen LogP contribution in [0.15, 0.2) is 30.5 Å². The molecule has 0 spiro atoms. The smallest absolute Gasteiger partial charge is 0.225 e. The normalized spacial score (nSPS) is 18.3. The maximum Gasteiger partial charge on any atom is 0.225 e. The van der Waals surface area contributed by atoms with Crippen LogP contribution in [0.3, 0.4) is 0 Å². The number of anilines is 1. The van der Waals surface area contributed by atoms with Gasteiger partial charge in [-0.3, -0.25) is 4.90 Å². The van der Waals surface area contributed by atoms with Crippen LogP contribution in [0.2, 0.25) is 0 Å². The third kappa shape index (κ3) is 4.18. The maximum atomic E-state index is 4.91. The van der Waals surface area contributed by atoms with Crippen molar-refractivity contribution in [2.45, 2.75) is 46.2 Å². The lowest BCUT2D eigenvalue weighted by Gasteiger charge is -2.32. The molecule has 5 heteroatoms. The lowest BCUT2D eigenvalue weighted by molar-refractivity contribution is 0.242. The van der Waals surface area contributed by atoms with Crippen molar-refractivity contribution in [2.75, 3.05) is 24.5 Å². The van der Waals surface area contributed by atoms with Crippen molar-refractivity contribution in [3.63, 3.8) is 0 Å². The molecule has 1 fully saturated rings. The molecule has 3 heterocycles. The first-order valence-corrected chi connectivity index (χ1v) is 9.55. The van der Waals surface area contributed by atoms with Crippen molar-refractivity contribution in [1.82, 2.24) is 14.9 Å². The van der Waals surface area contributed by atoms with Crippen molar-refractivity contribution in [3.8, 4) is 0 Å². The van der Waals surface area contributed by atoms with Crippen LogP contribution in [0, 0.1) is 12.8 Å². The van der Waals surface area contributed by atoms with Crippen LogP contribution < -0.4 is 4.90 Å². The van der Waals surface area contributed by atoms with Crippen molar-refractivity contribution in [3.05, 3.63) is 52.8 Å². The van der Waals surface area contributed by atoms with Crippen LogP contribution in [0.4, 0.5) is 5.95 Å². The maximum absolute atomic E-state index is 4.91. The molecule has 0 aliphatic carbocycles. The largest absolute Gasteiger partial charge is 0.341 e. The fourth-order valence-electron chi connectivity index (χ4n) is 3.89. The van der Waals surface area contributed by atoms with Crippen LogP contribution in [0.1, 0.15) is 42.1 Å². The molecule has 26 heavy (non-hydrogen) atoms. The van der Waals surface area contributed by atoms with E-state index >= 15 is 0 Å². The third-order valence-corrected chi connectivity index (χ3v) is 5.72. The average molecular weight is 373 g/mol. The summed E-state index contributed by atoms with van der Waals surface area (Å²) < 4.78 is 0. The molecule has 0 N–H and O–H groups in total. The SMILES string of the molecule is Cc1ccccc1CN1CCc2nc(N3CCC(C)CC3)ncc2C1.Cl.